The lowest BCUT2D eigenvalue weighted by Crippen LogP contribution is -2.18. The first-order valence-corrected chi connectivity index (χ1v) is 24.5. The van der Waals surface area contributed by atoms with Crippen LogP contribution in [0.4, 0.5) is 0 Å². The number of para-hydroxylation sites is 6. The summed E-state index contributed by atoms with van der Waals surface area (Å²) >= 11 is 0. The van der Waals surface area contributed by atoms with Gasteiger partial charge in [-0.3, -0.25) is 0 Å². The average Bonchev–Trinajstić information content (AvgIpc) is 4.19. The number of benzene rings is 9. The molecule has 9 aromatic carbocycles. The Morgan fingerprint density at radius 3 is 1.25 bits per heavy atom. The first-order valence-electron chi connectivity index (χ1n) is 24.5. The number of aromatic nitrogens is 4. The van der Waals surface area contributed by atoms with Gasteiger partial charge in [-0.1, -0.05) is 159 Å². The van der Waals surface area contributed by atoms with Gasteiger partial charge in [-0.25, -0.2) is 0 Å². The Morgan fingerprint density at radius 2 is 0.803 bits per heavy atom. The summed E-state index contributed by atoms with van der Waals surface area (Å²) in [5.41, 5.74) is 17.6. The van der Waals surface area contributed by atoms with Crippen LogP contribution in [0.1, 0.15) is 53.8 Å². The maximum absolute atomic E-state index is 12.3. The summed E-state index contributed by atoms with van der Waals surface area (Å²) in [4.78, 5) is 0. The van der Waals surface area contributed by atoms with Crippen LogP contribution >= 0.6 is 0 Å². The molecule has 15 rings (SSSR count). The highest BCUT2D eigenvalue weighted by molar-refractivity contribution is 6.15. The summed E-state index contributed by atoms with van der Waals surface area (Å²) in [5.74, 6) is 0. The average molecular weight is 907 g/mol. The molecule has 0 bridgehead atoms. The molecule has 0 aliphatic heterocycles. The molecule has 0 fully saturated rings. The Morgan fingerprint density at radius 1 is 0.408 bits per heavy atom. The highest BCUT2D eigenvalue weighted by atomic mass is 15.1. The van der Waals surface area contributed by atoms with Gasteiger partial charge < -0.3 is 18.3 Å². The van der Waals surface area contributed by atoms with Crippen LogP contribution in [0.5, 0.6) is 0 Å². The Bertz CT molecular complexity index is 4480. The Hall–Kier alpha value is -9.36. The van der Waals surface area contributed by atoms with Crippen molar-refractivity contribution in [1.82, 2.24) is 18.3 Å². The maximum atomic E-state index is 12.3. The van der Waals surface area contributed by atoms with Crippen LogP contribution in [0.3, 0.4) is 0 Å². The molecule has 6 heteroatoms. The van der Waals surface area contributed by atoms with Crippen molar-refractivity contribution < 1.29 is 0 Å². The zero-order chi connectivity index (χ0) is 47.3. The third-order valence-corrected chi connectivity index (χ3v) is 15.9. The van der Waals surface area contributed by atoms with Gasteiger partial charge in [0.2, 0.25) is 0 Å². The lowest BCUT2D eigenvalue weighted by atomic mass is 9.79. The number of nitriles is 2. The predicted octanol–water partition coefficient (Wildman–Crippen LogP) is 15.9. The summed E-state index contributed by atoms with van der Waals surface area (Å²) in [6.45, 7) is 4.72. The largest absolute Gasteiger partial charge is 0.306 e. The Balaban J connectivity index is 1.26. The molecule has 0 atom stereocenters. The van der Waals surface area contributed by atoms with E-state index in [1.165, 1.54) is 33.2 Å². The summed E-state index contributed by atoms with van der Waals surface area (Å²) in [6, 6.07) is 70.4. The van der Waals surface area contributed by atoms with E-state index < -0.39 is 0 Å². The molecule has 0 N–H and O–H groups in total. The predicted molar refractivity (Wildman–Crippen MR) is 291 cm³/mol. The van der Waals surface area contributed by atoms with Crippen LogP contribution < -0.4 is 0 Å². The first-order chi connectivity index (χ1) is 35.0. The van der Waals surface area contributed by atoms with Gasteiger partial charge in [-0.2, -0.15) is 10.5 Å². The number of fused-ring (bicyclic) bond motifs is 16. The molecule has 0 saturated carbocycles. The van der Waals surface area contributed by atoms with E-state index in [2.05, 4.69) is 238 Å². The van der Waals surface area contributed by atoms with Crippen molar-refractivity contribution in [1.29, 1.82) is 10.5 Å². The minimum absolute atomic E-state index is 0.299. The van der Waals surface area contributed by atoms with Gasteiger partial charge in [0.25, 0.3) is 0 Å². The number of hydrogen-bond acceptors (Lipinski definition) is 2. The van der Waals surface area contributed by atoms with E-state index in [1.807, 2.05) is 0 Å². The van der Waals surface area contributed by atoms with E-state index in [1.54, 1.807) is 0 Å². The first kappa shape index (κ1) is 39.6. The second-order valence-corrected chi connectivity index (χ2v) is 19.7. The smallest absolute Gasteiger partial charge is 0.103 e. The number of hydrogen-bond donors (Lipinski definition) is 0. The number of aryl methyl sites for hydroxylation is 1. The zero-order valence-corrected chi connectivity index (χ0v) is 39.1. The quantitative estimate of drug-likeness (QED) is 0.177. The SMILES string of the molecule is CC1(C)c2ccccc2-c2ccc3c(c4c(n3-c3c(C#N)c(C#N)c(-n5c6ccccc6c6ccccc65)c(-n5c6ccccc6c6ccccc65)c3-n3c5ccccc5c5ccccc53)C=CCC4)c21. The van der Waals surface area contributed by atoms with E-state index >= 15 is 0 Å². The number of rotatable bonds is 4. The third-order valence-electron chi connectivity index (χ3n) is 15.9. The van der Waals surface area contributed by atoms with Gasteiger partial charge in [0, 0.05) is 48.8 Å². The number of nitrogens with zero attached hydrogens (tertiary/aromatic N) is 6. The molecule has 0 unspecified atom stereocenters. The molecule has 2 aliphatic carbocycles. The van der Waals surface area contributed by atoms with Crippen molar-refractivity contribution in [2.45, 2.75) is 32.1 Å². The van der Waals surface area contributed by atoms with Crippen molar-refractivity contribution in [2.24, 2.45) is 0 Å². The minimum atomic E-state index is -0.299. The van der Waals surface area contributed by atoms with Gasteiger partial charge in [0.1, 0.15) is 12.1 Å². The maximum Gasteiger partial charge on any atom is 0.103 e. The van der Waals surface area contributed by atoms with Crippen LogP contribution in [-0.4, -0.2) is 18.3 Å². The highest BCUT2D eigenvalue weighted by Gasteiger charge is 2.41. The fourth-order valence-electron chi connectivity index (χ4n) is 13.1. The van der Waals surface area contributed by atoms with Crippen LogP contribution in [0.2, 0.25) is 0 Å². The van der Waals surface area contributed by atoms with Crippen LogP contribution in [0.15, 0.2) is 188 Å². The standard InChI is InChI=1S/C65H42N6/c1-65(2)50-27-11-3-19-39(50)46-35-36-58-59(60(46)65)47-26-10-18-34-57(47)71(58)62-49(38-67)48(37-66)61(68-51-28-12-4-20-40(51)41-21-5-13-29-52(41)68)63(69-53-30-14-6-22-42(53)43-23-7-15-31-54(43)69)64(62)70-55-32-16-8-24-44(55)45-25-9-17-33-56(45)70/h3-9,11-25,27-36H,10,26H2,1-2H3. The molecule has 332 valence electrons. The summed E-state index contributed by atoms with van der Waals surface area (Å²) in [7, 11) is 0. The van der Waals surface area contributed by atoms with Crippen LogP contribution in [-0.2, 0) is 11.8 Å². The molecule has 71 heavy (non-hydrogen) atoms. The van der Waals surface area contributed by atoms with Gasteiger partial charge in [-0.05, 0) is 89.2 Å². The monoisotopic (exact) mass is 906 g/mol. The molecule has 0 spiro atoms. The van der Waals surface area contributed by atoms with Crippen molar-refractivity contribution >= 4 is 82.4 Å². The molecular formula is C65H42N6. The number of allylic oxidation sites excluding steroid dienone is 1. The van der Waals surface area contributed by atoms with E-state index in [-0.39, 0.29) is 5.41 Å². The lowest BCUT2D eigenvalue weighted by molar-refractivity contribution is 0.665. The van der Waals surface area contributed by atoms with Crippen LogP contribution in [0.25, 0.3) is 116 Å². The zero-order valence-electron chi connectivity index (χ0n) is 39.1. The van der Waals surface area contributed by atoms with Crippen molar-refractivity contribution in [3.8, 4) is 46.0 Å². The van der Waals surface area contributed by atoms with Crippen molar-refractivity contribution in [3.63, 3.8) is 0 Å². The third kappa shape index (κ3) is 5.03. The summed E-state index contributed by atoms with van der Waals surface area (Å²) in [5, 5.41) is 32.2. The Kier molecular flexibility index (Phi) is 8.00. The fraction of sp³-hybridized carbons (Fsp3) is 0.0769. The molecule has 13 aromatic rings. The van der Waals surface area contributed by atoms with Gasteiger partial charge >= 0.3 is 0 Å². The topological polar surface area (TPSA) is 67.3 Å². The highest BCUT2D eigenvalue weighted by Crippen LogP contribution is 2.55. The molecule has 0 saturated heterocycles. The van der Waals surface area contributed by atoms with Gasteiger partial charge in [0.15, 0.2) is 0 Å². The fourth-order valence-corrected chi connectivity index (χ4v) is 13.1. The molecule has 2 aliphatic rings. The molecule has 4 aromatic heterocycles. The van der Waals surface area contributed by atoms with Gasteiger partial charge in [-0.15, -0.1) is 0 Å². The summed E-state index contributed by atoms with van der Waals surface area (Å²) < 4.78 is 9.42. The molecule has 6 nitrogen and oxygen atoms in total. The molecular weight excluding hydrogens is 865 g/mol. The van der Waals surface area contributed by atoms with Crippen LogP contribution in [0, 0.1) is 22.7 Å². The molecule has 0 amide bonds. The van der Waals surface area contributed by atoms with E-state index in [0.29, 0.717) is 22.5 Å². The van der Waals surface area contributed by atoms with E-state index in [0.717, 1.165) is 101 Å². The van der Waals surface area contributed by atoms with E-state index in [9.17, 15) is 10.5 Å². The molecule has 0 radical (unpaired) electrons. The van der Waals surface area contributed by atoms with Gasteiger partial charge in [0.05, 0.1) is 72.5 Å². The minimum Gasteiger partial charge on any atom is -0.306 e. The van der Waals surface area contributed by atoms with Crippen molar-refractivity contribution in [2.75, 3.05) is 0 Å². The lowest BCUT2D eigenvalue weighted by Gasteiger charge is -2.28. The van der Waals surface area contributed by atoms with Crippen molar-refractivity contribution in [3.05, 3.63) is 222 Å². The summed E-state index contributed by atoms with van der Waals surface area (Å²) in [6.07, 6.45) is 6.28. The molecule has 4 heterocycles. The van der Waals surface area contributed by atoms with E-state index in [4.69, 9.17) is 0 Å². The normalized spacial score (nSPS) is 13.7. The second kappa shape index (κ2) is 14.3. The Labute approximate surface area is 409 Å². The second-order valence-electron chi connectivity index (χ2n) is 19.7.